The summed E-state index contributed by atoms with van der Waals surface area (Å²) in [6, 6.07) is 8.24. The molecule has 1 aromatic rings. The Labute approximate surface area is 220 Å². The molecule has 6 aliphatic carbocycles. The van der Waals surface area contributed by atoms with Gasteiger partial charge in [0.2, 0.25) is 11.8 Å². The molecule has 0 aromatic heterocycles. The van der Waals surface area contributed by atoms with Gasteiger partial charge in [0.15, 0.2) is 0 Å². The van der Waals surface area contributed by atoms with Crippen molar-refractivity contribution < 1.29 is 24.2 Å². The summed E-state index contributed by atoms with van der Waals surface area (Å²) in [6.45, 7) is 9.17. The lowest BCUT2D eigenvalue weighted by Gasteiger charge is -2.75. The zero-order valence-corrected chi connectivity index (χ0v) is 22.9. The molecule has 6 aliphatic rings. The van der Waals surface area contributed by atoms with Gasteiger partial charge in [-0.25, -0.2) is 0 Å². The number of nitrogens with one attached hydrogen (secondary N) is 2. The number of carbonyl (C=O) groups is 3. The van der Waals surface area contributed by atoms with E-state index in [0.717, 1.165) is 63.4 Å². The number of ether oxygens (including phenoxy) is 1. The van der Waals surface area contributed by atoms with Gasteiger partial charge in [0.25, 0.3) is 0 Å². The van der Waals surface area contributed by atoms with E-state index in [1.807, 2.05) is 26.0 Å². The molecule has 3 N–H and O–H groups in total. The molecule has 3 atom stereocenters. The number of aliphatic hydroxyl groups is 1. The van der Waals surface area contributed by atoms with E-state index in [-0.39, 0.29) is 45.8 Å². The molecule has 7 rings (SSSR count). The summed E-state index contributed by atoms with van der Waals surface area (Å²) in [5, 5.41) is 17.3. The quantitative estimate of drug-likeness (QED) is 0.392. The van der Waals surface area contributed by atoms with Gasteiger partial charge in [0.1, 0.15) is 5.60 Å². The molecule has 6 fully saturated rings. The highest BCUT2D eigenvalue weighted by atomic mass is 16.6. The van der Waals surface area contributed by atoms with Crippen LogP contribution < -0.4 is 10.6 Å². The molecule has 0 heterocycles. The van der Waals surface area contributed by atoms with Gasteiger partial charge in [-0.2, -0.15) is 0 Å². The molecule has 7 nitrogen and oxygen atoms in total. The number of hydrogen-bond acceptors (Lipinski definition) is 5. The van der Waals surface area contributed by atoms with Crippen molar-refractivity contribution in [3.8, 4) is 0 Å². The standard InChI is InChI=1S/C30H42N2O5/c1-19(10-11-26(5,36)27-13-28(14-27,15-27)31-21(3)33)12-23-6-8-24(9-7-23)20(2)25(35)37-30-16-29(17-30,18-30)32-22(4)34/h6-9,19-20,36H,10-18H2,1-5H3,(H,31,33)(H,32,34). The number of carbonyl (C=O) groups excluding carboxylic acids is 3. The highest BCUT2D eigenvalue weighted by molar-refractivity contribution is 5.79. The average molecular weight is 511 g/mol. The fraction of sp³-hybridized carbons (Fsp3) is 0.700. The summed E-state index contributed by atoms with van der Waals surface area (Å²) in [6.07, 6.45) is 7.45. The Morgan fingerprint density at radius 3 is 1.97 bits per heavy atom. The van der Waals surface area contributed by atoms with Crippen LogP contribution in [0.3, 0.4) is 0 Å². The summed E-state index contributed by atoms with van der Waals surface area (Å²) in [5.74, 6) is -0.116. The van der Waals surface area contributed by atoms with Gasteiger partial charge in [-0.05, 0) is 69.4 Å². The molecular formula is C30H42N2O5. The number of benzene rings is 1. The fourth-order valence-electron chi connectivity index (χ4n) is 7.85. The lowest BCUT2D eigenvalue weighted by Crippen LogP contribution is -2.80. The van der Waals surface area contributed by atoms with Crippen molar-refractivity contribution in [1.82, 2.24) is 10.6 Å². The van der Waals surface area contributed by atoms with E-state index in [1.54, 1.807) is 6.92 Å². The Morgan fingerprint density at radius 1 is 0.946 bits per heavy atom. The van der Waals surface area contributed by atoms with Crippen molar-refractivity contribution in [3.05, 3.63) is 35.4 Å². The van der Waals surface area contributed by atoms with Crippen LogP contribution in [0.5, 0.6) is 0 Å². The van der Waals surface area contributed by atoms with Crippen LogP contribution in [-0.4, -0.2) is 45.2 Å². The fourth-order valence-corrected chi connectivity index (χ4v) is 7.85. The molecule has 3 unspecified atom stereocenters. The van der Waals surface area contributed by atoms with E-state index in [9.17, 15) is 19.5 Å². The Hall–Kier alpha value is -2.41. The van der Waals surface area contributed by atoms with Gasteiger partial charge in [-0.3, -0.25) is 14.4 Å². The minimum absolute atomic E-state index is 0.0186. The molecule has 202 valence electrons. The zero-order chi connectivity index (χ0) is 26.9. The third kappa shape index (κ3) is 4.58. The third-order valence-electron chi connectivity index (χ3n) is 9.90. The van der Waals surface area contributed by atoms with E-state index < -0.39 is 5.60 Å². The topological polar surface area (TPSA) is 105 Å². The molecule has 0 radical (unpaired) electrons. The molecule has 0 saturated heterocycles. The predicted molar refractivity (Wildman–Crippen MR) is 140 cm³/mol. The first-order chi connectivity index (χ1) is 17.2. The first kappa shape index (κ1) is 26.2. The number of rotatable bonds is 11. The van der Waals surface area contributed by atoms with Crippen LogP contribution in [-0.2, 0) is 25.5 Å². The second-order valence-electron chi connectivity index (χ2n) is 13.5. The first-order valence-electron chi connectivity index (χ1n) is 13.8. The molecule has 37 heavy (non-hydrogen) atoms. The summed E-state index contributed by atoms with van der Waals surface area (Å²) >= 11 is 0. The van der Waals surface area contributed by atoms with Crippen molar-refractivity contribution in [2.45, 2.75) is 121 Å². The van der Waals surface area contributed by atoms with Crippen LogP contribution in [0.2, 0.25) is 0 Å². The monoisotopic (exact) mass is 510 g/mol. The predicted octanol–water partition coefficient (Wildman–Crippen LogP) is 3.91. The van der Waals surface area contributed by atoms with Crippen molar-refractivity contribution in [2.24, 2.45) is 11.3 Å². The minimum Gasteiger partial charge on any atom is -0.458 e. The van der Waals surface area contributed by atoms with Gasteiger partial charge >= 0.3 is 5.97 Å². The maximum atomic E-state index is 12.8. The van der Waals surface area contributed by atoms with Crippen molar-refractivity contribution in [2.75, 3.05) is 0 Å². The van der Waals surface area contributed by atoms with Gasteiger partial charge < -0.3 is 20.5 Å². The Balaban J connectivity index is 1.06. The largest absolute Gasteiger partial charge is 0.458 e. The third-order valence-corrected chi connectivity index (χ3v) is 9.90. The number of hydrogen-bond donors (Lipinski definition) is 3. The van der Waals surface area contributed by atoms with Gasteiger partial charge in [-0.1, -0.05) is 31.2 Å². The molecular weight excluding hydrogens is 468 g/mol. The van der Waals surface area contributed by atoms with Crippen LogP contribution in [0.4, 0.5) is 0 Å². The normalized spacial score (nSPS) is 35.7. The summed E-state index contributed by atoms with van der Waals surface area (Å²) in [4.78, 5) is 35.5. The SMILES string of the molecule is CC(=O)NC12CC(OC(=O)C(C)c3ccc(CC(C)CCC(C)(O)C45CC(NC(C)=O)(C4)C5)cc3)(C1)C2. The van der Waals surface area contributed by atoms with Crippen molar-refractivity contribution in [3.63, 3.8) is 0 Å². The van der Waals surface area contributed by atoms with Crippen LogP contribution in [0.15, 0.2) is 24.3 Å². The molecule has 1 aromatic carbocycles. The smallest absolute Gasteiger partial charge is 0.313 e. The minimum atomic E-state index is -0.705. The van der Waals surface area contributed by atoms with Crippen molar-refractivity contribution in [1.29, 1.82) is 0 Å². The van der Waals surface area contributed by atoms with Crippen LogP contribution in [0.1, 0.15) is 103 Å². The maximum absolute atomic E-state index is 12.8. The zero-order valence-electron chi connectivity index (χ0n) is 22.9. The first-order valence-corrected chi connectivity index (χ1v) is 13.8. The lowest BCUT2D eigenvalue weighted by molar-refractivity contribution is -0.259. The second kappa shape index (κ2) is 8.55. The van der Waals surface area contributed by atoms with E-state index in [4.69, 9.17) is 4.74 Å². The van der Waals surface area contributed by atoms with E-state index in [2.05, 4.69) is 29.7 Å². The molecule has 0 spiro atoms. The average Bonchev–Trinajstić information content (AvgIpc) is 2.70. The number of amides is 2. The Kier molecular flexibility index (Phi) is 6.06. The van der Waals surface area contributed by atoms with E-state index in [1.165, 1.54) is 12.5 Å². The lowest BCUT2D eigenvalue weighted by atomic mass is 9.34. The summed E-state index contributed by atoms with van der Waals surface area (Å²) in [5.41, 5.74) is 0.851. The molecule has 7 heteroatoms. The van der Waals surface area contributed by atoms with Crippen LogP contribution in [0, 0.1) is 11.3 Å². The van der Waals surface area contributed by atoms with Crippen LogP contribution >= 0.6 is 0 Å². The van der Waals surface area contributed by atoms with Crippen LogP contribution in [0.25, 0.3) is 0 Å². The Bertz CT molecular complexity index is 1070. The molecule has 4 bridgehead atoms. The van der Waals surface area contributed by atoms with E-state index in [0.29, 0.717) is 5.92 Å². The summed E-state index contributed by atoms with van der Waals surface area (Å²) in [7, 11) is 0. The molecule has 0 aliphatic heterocycles. The van der Waals surface area contributed by atoms with E-state index >= 15 is 0 Å². The number of esters is 1. The van der Waals surface area contributed by atoms with Gasteiger partial charge in [0, 0.05) is 44.1 Å². The van der Waals surface area contributed by atoms with Crippen molar-refractivity contribution >= 4 is 17.8 Å². The highest BCUT2D eigenvalue weighted by Gasteiger charge is 2.74. The Morgan fingerprint density at radius 2 is 1.46 bits per heavy atom. The second-order valence-corrected chi connectivity index (χ2v) is 13.5. The highest BCUT2D eigenvalue weighted by Crippen LogP contribution is 2.72. The molecule has 6 saturated carbocycles. The molecule has 2 amide bonds. The maximum Gasteiger partial charge on any atom is 0.313 e. The van der Waals surface area contributed by atoms with Gasteiger partial charge in [0.05, 0.1) is 17.1 Å². The summed E-state index contributed by atoms with van der Waals surface area (Å²) < 4.78 is 5.86. The van der Waals surface area contributed by atoms with Gasteiger partial charge in [-0.15, -0.1) is 0 Å².